The van der Waals surface area contributed by atoms with Crippen LogP contribution in [0.2, 0.25) is 0 Å². The van der Waals surface area contributed by atoms with Crippen LogP contribution in [0.25, 0.3) is 0 Å². The standard InChI is InChI=1S/C9H15N3/c10-5-8-11-7-4-9-3-1-2-6-12-9/h1-3,6,11H,4-5,7-8,10H2/p+1. The molecule has 3 nitrogen and oxygen atoms in total. The van der Waals surface area contributed by atoms with Crippen molar-refractivity contribution in [1.82, 2.24) is 10.3 Å². The number of aromatic nitrogens is 1. The SMILES string of the molecule is [NH3+]CCNCCc1ccccn1. The molecule has 0 aromatic carbocycles. The van der Waals surface area contributed by atoms with E-state index in [0.29, 0.717) is 0 Å². The minimum absolute atomic E-state index is 0.947. The van der Waals surface area contributed by atoms with E-state index in [9.17, 15) is 0 Å². The second kappa shape index (κ2) is 5.69. The summed E-state index contributed by atoms with van der Waals surface area (Å²) in [5.74, 6) is 0. The van der Waals surface area contributed by atoms with Crippen LogP contribution in [0.15, 0.2) is 24.4 Å². The van der Waals surface area contributed by atoms with Gasteiger partial charge in [0.1, 0.15) is 0 Å². The second-order valence-corrected chi connectivity index (χ2v) is 2.67. The van der Waals surface area contributed by atoms with E-state index in [1.165, 1.54) is 0 Å². The third-order valence-electron chi connectivity index (χ3n) is 1.64. The molecule has 1 aromatic rings. The zero-order chi connectivity index (χ0) is 8.65. The highest BCUT2D eigenvalue weighted by Crippen LogP contribution is 1.92. The molecular weight excluding hydrogens is 150 g/mol. The van der Waals surface area contributed by atoms with Gasteiger partial charge in [-0.05, 0) is 12.1 Å². The zero-order valence-electron chi connectivity index (χ0n) is 7.29. The Kier molecular flexibility index (Phi) is 4.34. The summed E-state index contributed by atoms with van der Waals surface area (Å²) in [6.07, 6.45) is 2.83. The Hall–Kier alpha value is -0.930. The van der Waals surface area contributed by atoms with Crippen LogP contribution in [0.1, 0.15) is 5.69 Å². The number of hydrogen-bond acceptors (Lipinski definition) is 2. The fraction of sp³-hybridized carbons (Fsp3) is 0.444. The summed E-state index contributed by atoms with van der Waals surface area (Å²) < 4.78 is 0. The molecule has 0 bridgehead atoms. The van der Waals surface area contributed by atoms with Gasteiger partial charge in [-0.2, -0.15) is 0 Å². The van der Waals surface area contributed by atoms with Gasteiger partial charge < -0.3 is 11.1 Å². The maximum absolute atomic E-state index is 4.22. The van der Waals surface area contributed by atoms with Crippen LogP contribution in [-0.4, -0.2) is 24.6 Å². The normalized spacial score (nSPS) is 10.1. The van der Waals surface area contributed by atoms with Crippen LogP contribution < -0.4 is 11.1 Å². The Morgan fingerprint density at radius 3 is 2.92 bits per heavy atom. The van der Waals surface area contributed by atoms with E-state index in [-0.39, 0.29) is 0 Å². The van der Waals surface area contributed by atoms with Gasteiger partial charge in [0.25, 0.3) is 0 Å². The summed E-state index contributed by atoms with van der Waals surface area (Å²) in [5.41, 5.74) is 4.90. The van der Waals surface area contributed by atoms with E-state index in [1.807, 2.05) is 24.4 Å². The summed E-state index contributed by atoms with van der Waals surface area (Å²) in [5, 5.41) is 3.28. The molecule has 0 unspecified atom stereocenters. The predicted molar refractivity (Wildman–Crippen MR) is 48.6 cm³/mol. The molecule has 12 heavy (non-hydrogen) atoms. The lowest BCUT2D eigenvalue weighted by Gasteiger charge is -2.00. The second-order valence-electron chi connectivity index (χ2n) is 2.67. The maximum Gasteiger partial charge on any atom is 0.0866 e. The van der Waals surface area contributed by atoms with Crippen molar-refractivity contribution >= 4 is 0 Å². The van der Waals surface area contributed by atoms with Gasteiger partial charge in [-0.25, -0.2) is 0 Å². The first-order chi connectivity index (χ1) is 5.93. The number of pyridine rings is 1. The number of rotatable bonds is 5. The minimum Gasteiger partial charge on any atom is -0.357 e. The van der Waals surface area contributed by atoms with Crippen molar-refractivity contribution in [3.8, 4) is 0 Å². The minimum atomic E-state index is 0.947. The first-order valence-corrected chi connectivity index (χ1v) is 4.33. The van der Waals surface area contributed by atoms with Crippen LogP contribution in [-0.2, 0) is 6.42 Å². The molecule has 66 valence electrons. The topological polar surface area (TPSA) is 52.6 Å². The number of nitrogens with one attached hydrogen (secondary N) is 1. The first-order valence-electron chi connectivity index (χ1n) is 4.33. The quantitative estimate of drug-likeness (QED) is 0.577. The van der Waals surface area contributed by atoms with Gasteiger partial charge in [0.15, 0.2) is 0 Å². The Morgan fingerprint density at radius 2 is 2.25 bits per heavy atom. The predicted octanol–water partition coefficient (Wildman–Crippen LogP) is -0.544. The fourth-order valence-corrected chi connectivity index (χ4v) is 1.01. The molecule has 4 N–H and O–H groups in total. The van der Waals surface area contributed by atoms with Gasteiger partial charge in [0.2, 0.25) is 0 Å². The molecule has 1 aromatic heterocycles. The Balaban J connectivity index is 2.16. The van der Waals surface area contributed by atoms with Crippen molar-refractivity contribution < 1.29 is 5.73 Å². The molecule has 0 amide bonds. The monoisotopic (exact) mass is 166 g/mol. The van der Waals surface area contributed by atoms with E-state index in [4.69, 9.17) is 0 Å². The highest BCUT2D eigenvalue weighted by molar-refractivity contribution is 5.03. The van der Waals surface area contributed by atoms with Gasteiger partial charge in [-0.15, -0.1) is 0 Å². The van der Waals surface area contributed by atoms with Crippen molar-refractivity contribution in [2.75, 3.05) is 19.6 Å². The van der Waals surface area contributed by atoms with Crippen molar-refractivity contribution in [2.45, 2.75) is 6.42 Å². The third-order valence-corrected chi connectivity index (χ3v) is 1.64. The molecule has 0 saturated carbocycles. The van der Waals surface area contributed by atoms with E-state index >= 15 is 0 Å². The molecule has 0 aliphatic rings. The third kappa shape index (κ3) is 3.46. The number of hydrogen-bond donors (Lipinski definition) is 2. The molecule has 1 heterocycles. The van der Waals surface area contributed by atoms with E-state index < -0.39 is 0 Å². The van der Waals surface area contributed by atoms with Crippen LogP contribution in [0.5, 0.6) is 0 Å². The average molecular weight is 166 g/mol. The molecule has 0 atom stereocenters. The lowest BCUT2D eigenvalue weighted by molar-refractivity contribution is -0.365. The van der Waals surface area contributed by atoms with Crippen LogP contribution in [0, 0.1) is 0 Å². The molecule has 1 rings (SSSR count). The molecule has 3 heteroatoms. The van der Waals surface area contributed by atoms with Crippen LogP contribution in [0.4, 0.5) is 0 Å². The molecular formula is C9H16N3+. The molecule has 0 spiro atoms. The van der Waals surface area contributed by atoms with Crippen molar-refractivity contribution in [1.29, 1.82) is 0 Å². The number of quaternary nitrogens is 1. The molecule has 0 saturated heterocycles. The lowest BCUT2D eigenvalue weighted by Crippen LogP contribution is -2.54. The molecule has 0 radical (unpaired) electrons. The van der Waals surface area contributed by atoms with E-state index in [0.717, 1.165) is 31.7 Å². The Morgan fingerprint density at radius 1 is 1.33 bits per heavy atom. The number of nitrogens with zero attached hydrogens (tertiary/aromatic N) is 1. The smallest absolute Gasteiger partial charge is 0.0866 e. The molecule has 0 fully saturated rings. The Labute approximate surface area is 73.0 Å². The highest BCUT2D eigenvalue weighted by Gasteiger charge is 1.91. The van der Waals surface area contributed by atoms with Crippen molar-refractivity contribution in [3.63, 3.8) is 0 Å². The first kappa shape index (κ1) is 9.16. The van der Waals surface area contributed by atoms with Crippen LogP contribution >= 0.6 is 0 Å². The highest BCUT2D eigenvalue weighted by atomic mass is 14.9. The van der Waals surface area contributed by atoms with E-state index in [2.05, 4.69) is 16.0 Å². The summed E-state index contributed by atoms with van der Waals surface area (Å²) in [7, 11) is 0. The summed E-state index contributed by atoms with van der Waals surface area (Å²) >= 11 is 0. The van der Waals surface area contributed by atoms with Gasteiger partial charge in [-0.1, -0.05) is 6.07 Å². The molecule has 0 aliphatic heterocycles. The average Bonchev–Trinajstić information content (AvgIpc) is 2.14. The fourth-order valence-electron chi connectivity index (χ4n) is 1.01. The Bertz CT molecular complexity index is 198. The van der Waals surface area contributed by atoms with Gasteiger partial charge in [0.05, 0.1) is 6.54 Å². The van der Waals surface area contributed by atoms with E-state index in [1.54, 1.807) is 0 Å². The van der Waals surface area contributed by atoms with Gasteiger partial charge >= 0.3 is 0 Å². The lowest BCUT2D eigenvalue weighted by atomic mass is 10.3. The largest absolute Gasteiger partial charge is 0.357 e. The summed E-state index contributed by atoms with van der Waals surface area (Å²) in [4.78, 5) is 4.22. The summed E-state index contributed by atoms with van der Waals surface area (Å²) in [6, 6.07) is 6.00. The van der Waals surface area contributed by atoms with Gasteiger partial charge in [0, 0.05) is 31.4 Å². The summed E-state index contributed by atoms with van der Waals surface area (Å²) in [6.45, 7) is 2.93. The maximum atomic E-state index is 4.22. The van der Waals surface area contributed by atoms with Crippen LogP contribution in [0.3, 0.4) is 0 Å². The zero-order valence-corrected chi connectivity index (χ0v) is 7.29. The molecule has 0 aliphatic carbocycles. The van der Waals surface area contributed by atoms with Crippen molar-refractivity contribution in [2.24, 2.45) is 0 Å². The van der Waals surface area contributed by atoms with Gasteiger partial charge in [-0.3, -0.25) is 4.98 Å². The van der Waals surface area contributed by atoms with Crippen molar-refractivity contribution in [3.05, 3.63) is 30.1 Å².